The summed E-state index contributed by atoms with van der Waals surface area (Å²) < 4.78 is 28.9. The monoisotopic (exact) mass is 428 g/mol. The Labute approximate surface area is 181 Å². The zero-order valence-corrected chi connectivity index (χ0v) is 17.6. The molecule has 0 radical (unpaired) electrons. The summed E-state index contributed by atoms with van der Waals surface area (Å²) in [7, 11) is -3.86. The van der Waals surface area contributed by atoms with Crippen LogP contribution in [-0.4, -0.2) is 24.9 Å². The standard InChI is InChI=1S/C24H20N4O2S/c1-2-26-21-15-18(16-25-17-21)12-13-19-7-3-4-10-22(19)28-31(29,30)23-11-5-8-20-9-6-14-27-24(20)23/h3-11,14-17,26,28H,2H2,1H3. The zero-order valence-electron chi connectivity index (χ0n) is 16.8. The summed E-state index contributed by atoms with van der Waals surface area (Å²) in [4.78, 5) is 8.55. The van der Waals surface area contributed by atoms with Crippen molar-refractivity contribution in [2.45, 2.75) is 11.8 Å². The molecule has 0 spiro atoms. The van der Waals surface area contributed by atoms with E-state index in [1.54, 1.807) is 55.0 Å². The third-order valence-corrected chi connectivity index (χ3v) is 5.91. The molecule has 4 rings (SSSR count). The van der Waals surface area contributed by atoms with E-state index in [1.165, 1.54) is 0 Å². The molecule has 0 aliphatic rings. The Morgan fingerprint density at radius 2 is 1.81 bits per heavy atom. The van der Waals surface area contributed by atoms with Crippen LogP contribution in [0.5, 0.6) is 0 Å². The highest BCUT2D eigenvalue weighted by atomic mass is 32.2. The van der Waals surface area contributed by atoms with Gasteiger partial charge in [-0.25, -0.2) is 8.42 Å². The number of fused-ring (bicyclic) bond motifs is 1. The van der Waals surface area contributed by atoms with Crippen LogP contribution in [0.3, 0.4) is 0 Å². The van der Waals surface area contributed by atoms with Crippen molar-refractivity contribution in [3.63, 3.8) is 0 Å². The second kappa shape index (κ2) is 8.86. The molecule has 0 saturated heterocycles. The number of para-hydroxylation sites is 2. The Morgan fingerprint density at radius 1 is 0.968 bits per heavy atom. The molecule has 2 N–H and O–H groups in total. The van der Waals surface area contributed by atoms with E-state index in [1.807, 2.05) is 31.2 Å². The minimum atomic E-state index is -3.86. The van der Waals surface area contributed by atoms with Gasteiger partial charge in [-0.1, -0.05) is 42.2 Å². The molecule has 0 aliphatic carbocycles. The molecule has 0 saturated carbocycles. The van der Waals surface area contributed by atoms with E-state index in [-0.39, 0.29) is 4.90 Å². The van der Waals surface area contributed by atoms with Gasteiger partial charge in [-0.3, -0.25) is 14.7 Å². The van der Waals surface area contributed by atoms with Gasteiger partial charge in [0.05, 0.1) is 23.1 Å². The van der Waals surface area contributed by atoms with E-state index in [0.29, 0.717) is 16.8 Å². The Kier molecular flexibility index (Phi) is 5.83. The summed E-state index contributed by atoms with van der Waals surface area (Å²) in [5, 5.41) is 3.95. The van der Waals surface area contributed by atoms with Crippen molar-refractivity contribution in [2.24, 2.45) is 0 Å². The van der Waals surface area contributed by atoms with Crippen LogP contribution < -0.4 is 10.0 Å². The van der Waals surface area contributed by atoms with E-state index >= 15 is 0 Å². The van der Waals surface area contributed by atoms with Gasteiger partial charge in [-0.05, 0) is 37.3 Å². The van der Waals surface area contributed by atoms with E-state index < -0.39 is 10.0 Å². The number of rotatable bonds is 5. The van der Waals surface area contributed by atoms with E-state index in [0.717, 1.165) is 23.2 Å². The summed E-state index contributed by atoms with van der Waals surface area (Å²) in [6.45, 7) is 2.79. The second-order valence-electron chi connectivity index (χ2n) is 6.72. The Morgan fingerprint density at radius 3 is 2.68 bits per heavy atom. The molecule has 2 aromatic carbocycles. The first-order valence-electron chi connectivity index (χ1n) is 9.73. The van der Waals surface area contributed by atoms with Crippen molar-refractivity contribution < 1.29 is 8.42 Å². The summed E-state index contributed by atoms with van der Waals surface area (Å²) in [5.41, 5.74) is 3.00. The fraction of sp³-hybridized carbons (Fsp3) is 0.0833. The first kappa shape index (κ1) is 20.4. The zero-order chi connectivity index (χ0) is 21.7. The molecule has 0 amide bonds. The molecule has 2 heterocycles. The highest BCUT2D eigenvalue weighted by Gasteiger charge is 2.19. The lowest BCUT2D eigenvalue weighted by atomic mass is 10.1. The van der Waals surface area contributed by atoms with Crippen molar-refractivity contribution >= 4 is 32.3 Å². The third kappa shape index (κ3) is 4.65. The van der Waals surface area contributed by atoms with Gasteiger partial charge in [0.1, 0.15) is 4.90 Å². The topological polar surface area (TPSA) is 84.0 Å². The molecule has 0 fully saturated rings. The minimum absolute atomic E-state index is 0.121. The maximum absolute atomic E-state index is 13.1. The van der Waals surface area contributed by atoms with Gasteiger partial charge in [0.2, 0.25) is 0 Å². The first-order chi connectivity index (χ1) is 15.1. The number of anilines is 2. The Balaban J connectivity index is 1.68. The number of aromatic nitrogens is 2. The van der Waals surface area contributed by atoms with Crippen molar-refractivity contribution in [3.8, 4) is 11.8 Å². The van der Waals surface area contributed by atoms with Crippen molar-refractivity contribution in [1.82, 2.24) is 9.97 Å². The van der Waals surface area contributed by atoms with Crippen LogP contribution in [0.1, 0.15) is 18.1 Å². The van der Waals surface area contributed by atoms with Crippen LogP contribution in [0.4, 0.5) is 11.4 Å². The molecule has 0 atom stereocenters. The van der Waals surface area contributed by atoms with Crippen molar-refractivity contribution in [2.75, 3.05) is 16.6 Å². The summed E-state index contributed by atoms with van der Waals surface area (Å²) >= 11 is 0. The fourth-order valence-corrected chi connectivity index (χ4v) is 4.38. The van der Waals surface area contributed by atoms with Gasteiger partial charge in [0, 0.05) is 35.5 Å². The van der Waals surface area contributed by atoms with Gasteiger partial charge in [0.25, 0.3) is 10.0 Å². The molecule has 4 aromatic rings. The normalized spacial score (nSPS) is 10.9. The largest absolute Gasteiger partial charge is 0.384 e. The second-order valence-corrected chi connectivity index (χ2v) is 8.38. The number of hydrogen-bond donors (Lipinski definition) is 2. The van der Waals surface area contributed by atoms with E-state index in [9.17, 15) is 8.42 Å². The molecule has 31 heavy (non-hydrogen) atoms. The van der Waals surface area contributed by atoms with Crippen LogP contribution in [0.25, 0.3) is 10.9 Å². The number of hydrogen-bond acceptors (Lipinski definition) is 5. The average Bonchev–Trinajstić information content (AvgIpc) is 2.78. The lowest BCUT2D eigenvalue weighted by molar-refractivity contribution is 0.602. The fourth-order valence-electron chi connectivity index (χ4n) is 3.12. The summed E-state index contributed by atoms with van der Waals surface area (Å²) in [6, 6.07) is 17.6. The summed E-state index contributed by atoms with van der Waals surface area (Å²) in [5.74, 6) is 6.11. The van der Waals surface area contributed by atoms with Crippen molar-refractivity contribution in [1.29, 1.82) is 0 Å². The molecular formula is C24H20N4O2S. The highest BCUT2D eigenvalue weighted by molar-refractivity contribution is 7.93. The van der Waals surface area contributed by atoms with Crippen molar-refractivity contribution in [3.05, 3.63) is 90.4 Å². The first-order valence-corrected chi connectivity index (χ1v) is 11.2. The van der Waals surface area contributed by atoms with Crippen LogP contribution in [-0.2, 0) is 10.0 Å². The van der Waals surface area contributed by atoms with Crippen LogP contribution in [0, 0.1) is 11.8 Å². The number of pyridine rings is 2. The number of nitrogens with one attached hydrogen (secondary N) is 2. The molecule has 2 aromatic heterocycles. The molecule has 0 unspecified atom stereocenters. The minimum Gasteiger partial charge on any atom is -0.384 e. The van der Waals surface area contributed by atoms with Gasteiger partial charge in [-0.15, -0.1) is 0 Å². The molecule has 6 nitrogen and oxygen atoms in total. The number of nitrogens with zero attached hydrogens (tertiary/aromatic N) is 2. The van der Waals surface area contributed by atoms with Crippen LogP contribution in [0.2, 0.25) is 0 Å². The smallest absolute Gasteiger partial charge is 0.264 e. The number of benzene rings is 2. The summed E-state index contributed by atoms with van der Waals surface area (Å²) in [6.07, 6.45) is 4.98. The van der Waals surface area contributed by atoms with Gasteiger partial charge in [0.15, 0.2) is 0 Å². The SMILES string of the molecule is CCNc1cncc(C#Cc2ccccc2NS(=O)(=O)c2cccc3cccnc23)c1. The van der Waals surface area contributed by atoms with Crippen LogP contribution >= 0.6 is 0 Å². The molecule has 7 heteroatoms. The average molecular weight is 429 g/mol. The number of sulfonamides is 1. The van der Waals surface area contributed by atoms with Gasteiger partial charge < -0.3 is 5.32 Å². The lowest BCUT2D eigenvalue weighted by Gasteiger charge is -2.11. The molecule has 154 valence electrons. The van der Waals surface area contributed by atoms with Gasteiger partial charge in [-0.2, -0.15) is 0 Å². The third-order valence-electron chi connectivity index (χ3n) is 4.52. The quantitative estimate of drug-likeness (QED) is 0.464. The Bertz CT molecular complexity index is 1400. The predicted molar refractivity (Wildman–Crippen MR) is 123 cm³/mol. The van der Waals surface area contributed by atoms with Gasteiger partial charge >= 0.3 is 0 Å². The maximum atomic E-state index is 13.1. The highest BCUT2D eigenvalue weighted by Crippen LogP contribution is 2.24. The van der Waals surface area contributed by atoms with Crippen LogP contribution in [0.15, 0.2) is 84.1 Å². The molecule has 0 bridgehead atoms. The Hall–Kier alpha value is -3.89. The maximum Gasteiger partial charge on any atom is 0.264 e. The lowest BCUT2D eigenvalue weighted by Crippen LogP contribution is -2.14. The molecule has 0 aliphatic heterocycles. The predicted octanol–water partition coefficient (Wildman–Crippen LogP) is 4.26. The van der Waals surface area contributed by atoms with E-state index in [2.05, 4.69) is 31.8 Å². The van der Waals surface area contributed by atoms with E-state index in [4.69, 9.17) is 0 Å². The molecular weight excluding hydrogens is 408 g/mol.